The van der Waals surface area contributed by atoms with Crippen LogP contribution in [0.3, 0.4) is 0 Å². The highest BCUT2D eigenvalue weighted by atomic mass is 35.5. The molecule has 0 N–H and O–H groups in total. The molecule has 4 atom stereocenters. The van der Waals surface area contributed by atoms with Crippen LogP contribution in [0.25, 0.3) is 10.2 Å². The van der Waals surface area contributed by atoms with Gasteiger partial charge in [-0.2, -0.15) is 0 Å². The normalized spacial score (nSPS) is 29.4. The second kappa shape index (κ2) is 6.08. The lowest BCUT2D eigenvalue weighted by Gasteiger charge is -2.42. The Morgan fingerprint density at radius 2 is 1.88 bits per heavy atom. The van der Waals surface area contributed by atoms with Crippen LogP contribution in [0.5, 0.6) is 0 Å². The minimum Gasteiger partial charge on any atom is -0.300 e. The molecular formula is C21H21ClN2S. The van der Waals surface area contributed by atoms with Gasteiger partial charge in [-0.1, -0.05) is 35.9 Å². The summed E-state index contributed by atoms with van der Waals surface area (Å²) in [5, 5.41) is 2.12. The van der Waals surface area contributed by atoms with Gasteiger partial charge in [-0.25, -0.2) is 4.98 Å². The van der Waals surface area contributed by atoms with Crippen molar-refractivity contribution in [3.05, 3.63) is 64.1 Å². The van der Waals surface area contributed by atoms with Gasteiger partial charge in [-0.05, 0) is 62.1 Å². The number of benzene rings is 2. The molecule has 4 heteroatoms. The Morgan fingerprint density at radius 1 is 1.08 bits per heavy atom. The first kappa shape index (κ1) is 15.8. The van der Waals surface area contributed by atoms with Gasteiger partial charge in [0.1, 0.15) is 0 Å². The molecule has 0 spiro atoms. The van der Waals surface area contributed by atoms with E-state index in [1.807, 2.05) is 23.5 Å². The molecule has 0 saturated carbocycles. The maximum atomic E-state index is 6.13. The van der Waals surface area contributed by atoms with Crippen molar-refractivity contribution >= 4 is 33.2 Å². The van der Waals surface area contributed by atoms with E-state index < -0.39 is 0 Å². The largest absolute Gasteiger partial charge is 0.300 e. The number of halogens is 1. The first-order valence-electron chi connectivity index (χ1n) is 9.03. The number of thiazole rings is 1. The number of hydrogen-bond donors (Lipinski definition) is 0. The molecule has 2 aliphatic heterocycles. The van der Waals surface area contributed by atoms with E-state index in [-0.39, 0.29) is 0 Å². The summed E-state index contributed by atoms with van der Waals surface area (Å²) < 4.78 is 1.30. The van der Waals surface area contributed by atoms with Gasteiger partial charge < -0.3 is 0 Å². The number of piperidine rings is 1. The number of nitrogens with zero attached hydrogens (tertiary/aromatic N) is 2. The first-order chi connectivity index (χ1) is 12.2. The molecule has 0 radical (unpaired) electrons. The predicted molar refractivity (Wildman–Crippen MR) is 106 cm³/mol. The SMILES string of the molecule is CN1C2CCC1C(c1nc3ccccc3s1)[C@@H](c1ccc(Cl)cc1)C2. The fraction of sp³-hybridized carbons (Fsp3) is 0.381. The molecule has 2 bridgehead atoms. The minimum atomic E-state index is 0.474. The fourth-order valence-corrected chi connectivity index (χ4v) is 6.21. The zero-order valence-electron chi connectivity index (χ0n) is 14.2. The maximum Gasteiger partial charge on any atom is 0.0991 e. The Labute approximate surface area is 157 Å². The summed E-state index contributed by atoms with van der Waals surface area (Å²) in [6.45, 7) is 0. The second-order valence-corrected chi connectivity index (χ2v) is 8.90. The third-order valence-electron chi connectivity index (χ3n) is 6.16. The van der Waals surface area contributed by atoms with Crippen LogP contribution in [0.2, 0.25) is 5.02 Å². The van der Waals surface area contributed by atoms with Crippen molar-refractivity contribution in [2.75, 3.05) is 7.05 Å². The Balaban J connectivity index is 1.62. The average molecular weight is 369 g/mol. The van der Waals surface area contributed by atoms with E-state index in [2.05, 4.69) is 48.3 Å². The van der Waals surface area contributed by atoms with Gasteiger partial charge >= 0.3 is 0 Å². The van der Waals surface area contributed by atoms with E-state index in [9.17, 15) is 0 Å². The summed E-state index contributed by atoms with van der Waals surface area (Å²) in [6.07, 6.45) is 3.81. The smallest absolute Gasteiger partial charge is 0.0991 e. The standard InChI is InChI=1S/C21H21ClN2S/c1-24-15-10-11-18(24)20(16(12-15)13-6-8-14(22)9-7-13)21-23-17-4-2-3-5-19(17)25-21/h2-9,15-16,18,20H,10-12H2,1H3/t15?,16-,18?,20?/m1/s1. The minimum absolute atomic E-state index is 0.474. The summed E-state index contributed by atoms with van der Waals surface area (Å²) in [7, 11) is 2.31. The summed E-state index contributed by atoms with van der Waals surface area (Å²) in [5.74, 6) is 1.01. The molecule has 3 unspecified atom stereocenters. The molecule has 2 fully saturated rings. The molecule has 3 heterocycles. The number of fused-ring (bicyclic) bond motifs is 3. The highest BCUT2D eigenvalue weighted by Gasteiger charge is 2.47. The zero-order valence-corrected chi connectivity index (χ0v) is 15.8. The number of hydrogen-bond acceptors (Lipinski definition) is 3. The van der Waals surface area contributed by atoms with Gasteiger partial charge in [0.25, 0.3) is 0 Å². The van der Waals surface area contributed by atoms with Crippen molar-refractivity contribution in [3.63, 3.8) is 0 Å². The number of aromatic nitrogens is 1. The first-order valence-corrected chi connectivity index (χ1v) is 10.2. The summed E-state index contributed by atoms with van der Waals surface area (Å²) in [5.41, 5.74) is 2.55. The van der Waals surface area contributed by atoms with Crippen LogP contribution in [-0.2, 0) is 0 Å². The molecule has 1 aromatic heterocycles. The third-order valence-corrected chi connectivity index (χ3v) is 7.55. The van der Waals surface area contributed by atoms with E-state index in [1.54, 1.807) is 0 Å². The Hall–Kier alpha value is -1.42. The maximum absolute atomic E-state index is 6.13. The molecule has 2 nitrogen and oxygen atoms in total. The number of likely N-dealkylation sites (N-methyl/N-ethyl adjacent to an activating group) is 1. The monoisotopic (exact) mass is 368 g/mol. The molecule has 128 valence electrons. The van der Waals surface area contributed by atoms with Gasteiger partial charge in [0.15, 0.2) is 0 Å². The van der Waals surface area contributed by atoms with Crippen molar-refractivity contribution in [2.24, 2.45) is 0 Å². The molecule has 2 aliphatic rings. The molecule has 25 heavy (non-hydrogen) atoms. The Kier molecular flexibility index (Phi) is 3.85. The number of para-hydroxylation sites is 1. The van der Waals surface area contributed by atoms with Crippen LogP contribution in [-0.4, -0.2) is 29.0 Å². The van der Waals surface area contributed by atoms with Crippen LogP contribution in [0.1, 0.15) is 41.7 Å². The van der Waals surface area contributed by atoms with E-state index in [4.69, 9.17) is 16.6 Å². The summed E-state index contributed by atoms with van der Waals surface area (Å²) in [4.78, 5) is 7.66. The molecule has 5 rings (SSSR count). The predicted octanol–water partition coefficient (Wildman–Crippen LogP) is 5.68. The molecule has 2 aromatic carbocycles. The van der Waals surface area contributed by atoms with E-state index >= 15 is 0 Å². The van der Waals surface area contributed by atoms with Crippen molar-refractivity contribution in [1.82, 2.24) is 9.88 Å². The molecule has 2 saturated heterocycles. The van der Waals surface area contributed by atoms with Crippen molar-refractivity contribution < 1.29 is 0 Å². The van der Waals surface area contributed by atoms with Crippen molar-refractivity contribution in [2.45, 2.75) is 43.2 Å². The van der Waals surface area contributed by atoms with Crippen LogP contribution >= 0.6 is 22.9 Å². The second-order valence-electron chi connectivity index (χ2n) is 7.40. The molecule has 0 aliphatic carbocycles. The Bertz CT molecular complexity index is 871. The van der Waals surface area contributed by atoms with Gasteiger partial charge in [0, 0.05) is 23.0 Å². The average Bonchev–Trinajstić information content (AvgIpc) is 3.14. The van der Waals surface area contributed by atoms with Crippen molar-refractivity contribution in [3.8, 4) is 0 Å². The lowest BCUT2D eigenvalue weighted by molar-refractivity contribution is 0.137. The van der Waals surface area contributed by atoms with Crippen LogP contribution in [0.4, 0.5) is 0 Å². The lowest BCUT2D eigenvalue weighted by Crippen LogP contribution is -2.44. The Morgan fingerprint density at radius 3 is 2.68 bits per heavy atom. The molecule has 0 amide bonds. The molecular weight excluding hydrogens is 348 g/mol. The van der Waals surface area contributed by atoms with E-state index in [1.165, 1.54) is 34.5 Å². The quantitative estimate of drug-likeness (QED) is 0.578. The fourth-order valence-electron chi connectivity index (χ4n) is 4.89. The summed E-state index contributed by atoms with van der Waals surface area (Å²) >= 11 is 8.01. The van der Waals surface area contributed by atoms with Gasteiger partial charge in [-0.15, -0.1) is 11.3 Å². The number of rotatable bonds is 2. The van der Waals surface area contributed by atoms with Crippen LogP contribution in [0, 0.1) is 0 Å². The summed E-state index contributed by atoms with van der Waals surface area (Å²) in [6, 6.07) is 18.3. The van der Waals surface area contributed by atoms with Gasteiger partial charge in [0.05, 0.1) is 15.2 Å². The van der Waals surface area contributed by atoms with Crippen molar-refractivity contribution in [1.29, 1.82) is 0 Å². The zero-order chi connectivity index (χ0) is 17.0. The van der Waals surface area contributed by atoms with Crippen LogP contribution < -0.4 is 0 Å². The van der Waals surface area contributed by atoms with E-state index in [0.29, 0.717) is 23.9 Å². The highest BCUT2D eigenvalue weighted by Crippen LogP contribution is 2.52. The third kappa shape index (κ3) is 2.61. The highest BCUT2D eigenvalue weighted by molar-refractivity contribution is 7.18. The van der Waals surface area contributed by atoms with Gasteiger partial charge in [0.2, 0.25) is 0 Å². The lowest BCUT2D eigenvalue weighted by atomic mass is 9.76. The van der Waals surface area contributed by atoms with E-state index in [0.717, 1.165) is 10.5 Å². The van der Waals surface area contributed by atoms with Crippen LogP contribution in [0.15, 0.2) is 48.5 Å². The molecule has 3 aromatic rings. The topological polar surface area (TPSA) is 16.1 Å². The van der Waals surface area contributed by atoms with Gasteiger partial charge in [-0.3, -0.25) is 4.90 Å².